The van der Waals surface area contributed by atoms with Gasteiger partial charge >= 0.3 is 7.12 Å². The van der Waals surface area contributed by atoms with E-state index in [0.717, 1.165) is 22.5 Å². The number of aliphatic hydroxyl groups excluding tert-OH is 2. The highest BCUT2D eigenvalue weighted by Gasteiger charge is 2.17. The van der Waals surface area contributed by atoms with E-state index in [2.05, 4.69) is 26.1 Å². The lowest BCUT2D eigenvalue weighted by Gasteiger charge is -2.03. The summed E-state index contributed by atoms with van der Waals surface area (Å²) in [6.45, 7) is -0.878. The van der Waals surface area contributed by atoms with Crippen molar-refractivity contribution in [3.63, 3.8) is 0 Å². The van der Waals surface area contributed by atoms with E-state index in [4.69, 9.17) is 15.2 Å². The zero-order chi connectivity index (χ0) is 35.3. The third-order valence-electron chi connectivity index (χ3n) is 7.07. The van der Waals surface area contributed by atoms with Crippen LogP contribution in [0.1, 0.15) is 11.1 Å². The lowest BCUT2D eigenvalue weighted by molar-refractivity contribution is -0.384. The van der Waals surface area contributed by atoms with Gasteiger partial charge in [0.1, 0.15) is 21.9 Å². The van der Waals surface area contributed by atoms with Crippen molar-refractivity contribution in [3.05, 3.63) is 120 Å². The lowest BCUT2D eigenvalue weighted by Crippen LogP contribution is -2.30. The second-order valence-electron chi connectivity index (χ2n) is 10.2. The summed E-state index contributed by atoms with van der Waals surface area (Å²) in [6.07, 6.45) is 0. The van der Waals surface area contributed by atoms with E-state index in [1.807, 2.05) is 0 Å². The maximum atomic E-state index is 13.5. The van der Waals surface area contributed by atoms with Crippen LogP contribution in [0.5, 0.6) is 0 Å². The van der Waals surface area contributed by atoms with Crippen LogP contribution >= 0.6 is 15.9 Å². The van der Waals surface area contributed by atoms with Crippen molar-refractivity contribution in [2.45, 2.75) is 13.2 Å². The van der Waals surface area contributed by atoms with Gasteiger partial charge in [-0.1, -0.05) is 12.1 Å². The molecule has 0 saturated carbocycles. The molecule has 14 nitrogen and oxygen atoms in total. The fourth-order valence-electron chi connectivity index (χ4n) is 4.62. The van der Waals surface area contributed by atoms with E-state index in [-0.39, 0.29) is 28.0 Å². The molecule has 0 spiro atoms. The number of halogens is 3. The van der Waals surface area contributed by atoms with Crippen LogP contribution < -0.4 is 5.46 Å². The number of nitrogens with zero attached hydrogens (tertiary/aromatic N) is 6. The monoisotopic (exact) mass is 726 g/mol. The van der Waals surface area contributed by atoms with Crippen LogP contribution in [0.25, 0.3) is 33.1 Å². The molecule has 0 saturated heterocycles. The Morgan fingerprint density at radius 3 is 1.79 bits per heavy atom. The van der Waals surface area contributed by atoms with E-state index < -0.39 is 41.8 Å². The number of hydrogen-bond acceptors (Lipinski definition) is 10. The van der Waals surface area contributed by atoms with Crippen LogP contribution in [0.2, 0.25) is 0 Å². The summed E-state index contributed by atoms with van der Waals surface area (Å²) in [5.74, 6) is -1.06. The minimum Gasteiger partial charge on any atom is -0.423 e. The smallest absolute Gasteiger partial charge is 0.423 e. The van der Waals surface area contributed by atoms with Crippen molar-refractivity contribution in [1.82, 2.24) is 19.6 Å². The quantitative estimate of drug-likeness (QED) is 0.110. The van der Waals surface area contributed by atoms with Crippen LogP contribution in [0, 0.1) is 31.9 Å². The molecule has 2 heterocycles. The van der Waals surface area contributed by atoms with Gasteiger partial charge in [0.05, 0.1) is 34.1 Å². The summed E-state index contributed by atoms with van der Waals surface area (Å²) in [5, 5.41) is 66.4. The van der Waals surface area contributed by atoms with Crippen molar-refractivity contribution < 1.29 is 38.9 Å². The fraction of sp³-hybridized carbons (Fsp3) is 0.133. The summed E-state index contributed by atoms with van der Waals surface area (Å²) in [6, 6.07) is 17.0. The van der Waals surface area contributed by atoms with E-state index >= 15 is 0 Å². The normalized spacial score (nSPS) is 10.7. The van der Waals surface area contributed by atoms with Crippen LogP contribution in [0.4, 0.5) is 20.2 Å². The molecule has 0 aliphatic rings. The lowest BCUT2D eigenvalue weighted by atomic mass is 9.79. The molecule has 0 atom stereocenters. The molecule has 6 aromatic rings. The molecule has 48 heavy (non-hydrogen) atoms. The zero-order valence-electron chi connectivity index (χ0n) is 25.2. The number of aliphatic hydroxyl groups is 2. The first-order valence-corrected chi connectivity index (χ1v) is 14.6. The molecule has 0 radical (unpaired) electrons. The second-order valence-corrected chi connectivity index (χ2v) is 10.9. The Morgan fingerprint density at radius 1 is 0.750 bits per heavy atom. The summed E-state index contributed by atoms with van der Waals surface area (Å²) in [4.78, 5) is 20.6. The van der Waals surface area contributed by atoms with E-state index in [0.29, 0.717) is 21.2 Å². The number of fused-ring (bicyclic) bond motifs is 2. The Bertz CT molecular complexity index is 2140. The van der Waals surface area contributed by atoms with Gasteiger partial charge < -0.3 is 20.3 Å². The predicted molar refractivity (Wildman–Crippen MR) is 176 cm³/mol. The van der Waals surface area contributed by atoms with Crippen molar-refractivity contribution in [3.8, 4) is 11.3 Å². The topological polar surface area (TPSA) is 203 Å². The van der Waals surface area contributed by atoms with Gasteiger partial charge in [0, 0.05) is 65.8 Å². The summed E-state index contributed by atoms with van der Waals surface area (Å²) in [5.41, 5.74) is 3.12. The highest BCUT2D eigenvalue weighted by Crippen LogP contribution is 2.31. The van der Waals surface area contributed by atoms with Crippen molar-refractivity contribution >= 4 is 61.7 Å². The number of nitro groups is 2. The SMILES string of the molecule is Cn1nc(-c2ccc(F)c(CO)c2)c2cc([N+](=O)[O-])ccc21.Cn1nc(Br)c2cc([N+](=O)[O-])ccc21.OCc1cc(B(O)O)ccc1F. The maximum absolute atomic E-state index is 13.5. The molecule has 248 valence electrons. The molecule has 0 bridgehead atoms. The molecule has 0 aliphatic carbocycles. The van der Waals surface area contributed by atoms with Gasteiger partial charge in [-0.3, -0.25) is 29.6 Å². The molecule has 0 amide bonds. The standard InChI is InChI=1S/C15H12FN3O3.C8H6BrN3O2.C7H8BFO3/c1-18-14-5-3-11(19(21)22)7-12(14)15(17-18)9-2-4-13(16)10(6-9)8-20;1-11-7-3-2-5(12(13)14)4-6(7)8(9)10-11;9-7-2-1-6(8(11)12)3-5(7)4-10/h2-7,20H,8H2,1H3;2-4H,1H3;1-3,10-12H,4H2. The van der Waals surface area contributed by atoms with Crippen LogP contribution in [0.15, 0.2) is 77.4 Å². The molecule has 4 N–H and O–H groups in total. The Morgan fingerprint density at radius 2 is 1.25 bits per heavy atom. The molecule has 6 rings (SSSR count). The average molecular weight is 727 g/mol. The van der Waals surface area contributed by atoms with Gasteiger partial charge in [-0.25, -0.2) is 8.78 Å². The molecule has 0 fully saturated rings. The fourth-order valence-corrected chi connectivity index (χ4v) is 5.18. The first kappa shape index (κ1) is 35.7. The largest absolute Gasteiger partial charge is 0.488 e. The molecular weight excluding hydrogens is 701 g/mol. The van der Waals surface area contributed by atoms with Crippen LogP contribution in [-0.4, -0.2) is 56.8 Å². The molecular formula is C30H26BBrF2N6O8. The van der Waals surface area contributed by atoms with E-state index in [9.17, 15) is 34.1 Å². The van der Waals surface area contributed by atoms with Crippen molar-refractivity contribution in [1.29, 1.82) is 0 Å². The minimum atomic E-state index is -1.63. The van der Waals surface area contributed by atoms with Crippen molar-refractivity contribution in [2.75, 3.05) is 0 Å². The second kappa shape index (κ2) is 15.2. The van der Waals surface area contributed by atoms with Gasteiger partial charge in [-0.15, -0.1) is 0 Å². The third kappa shape index (κ3) is 7.87. The molecule has 0 aliphatic heterocycles. The van der Waals surface area contributed by atoms with E-state index in [1.54, 1.807) is 35.6 Å². The minimum absolute atomic E-state index is 0.0359. The zero-order valence-corrected chi connectivity index (χ0v) is 26.7. The van der Waals surface area contributed by atoms with E-state index in [1.165, 1.54) is 54.6 Å². The third-order valence-corrected chi connectivity index (χ3v) is 7.66. The number of hydrogen-bond donors (Lipinski definition) is 4. The Balaban J connectivity index is 0.000000173. The highest BCUT2D eigenvalue weighted by molar-refractivity contribution is 9.10. The first-order chi connectivity index (χ1) is 22.7. The van der Waals surface area contributed by atoms with Crippen molar-refractivity contribution in [2.24, 2.45) is 14.1 Å². The summed E-state index contributed by atoms with van der Waals surface area (Å²) >= 11 is 3.25. The number of aryl methyl sites for hydroxylation is 2. The highest BCUT2D eigenvalue weighted by atomic mass is 79.9. The van der Waals surface area contributed by atoms with Gasteiger partial charge in [0.15, 0.2) is 0 Å². The van der Waals surface area contributed by atoms with Gasteiger partial charge in [0.2, 0.25) is 0 Å². The Hall–Kier alpha value is -5.14. The number of rotatable bonds is 6. The van der Waals surface area contributed by atoms with Crippen LogP contribution in [0.3, 0.4) is 0 Å². The van der Waals surface area contributed by atoms with Gasteiger partial charge in [-0.05, 0) is 57.8 Å². The number of non-ortho nitro benzene ring substituents is 2. The first-order valence-electron chi connectivity index (χ1n) is 13.8. The summed E-state index contributed by atoms with van der Waals surface area (Å²) < 4.78 is 30.1. The summed E-state index contributed by atoms with van der Waals surface area (Å²) in [7, 11) is 1.89. The number of aromatic nitrogens is 4. The molecule has 4 aromatic carbocycles. The Kier molecular flexibility index (Phi) is 11.3. The molecule has 2 aromatic heterocycles. The maximum Gasteiger partial charge on any atom is 0.488 e. The number of benzene rings is 4. The average Bonchev–Trinajstić information content (AvgIpc) is 3.55. The number of nitro benzene ring substituents is 2. The Labute approximate surface area is 278 Å². The molecule has 0 unspecified atom stereocenters. The predicted octanol–water partition coefficient (Wildman–Crippen LogP) is 4.02. The van der Waals surface area contributed by atoms with Gasteiger partial charge in [-0.2, -0.15) is 10.2 Å². The van der Waals surface area contributed by atoms with Gasteiger partial charge in [0.25, 0.3) is 11.4 Å². The molecule has 18 heteroatoms. The van der Waals surface area contributed by atoms with Crippen LogP contribution in [-0.2, 0) is 27.3 Å².